The Bertz CT molecular complexity index is 852. The highest BCUT2D eigenvalue weighted by molar-refractivity contribution is 7.91. The Morgan fingerprint density at radius 2 is 2.15 bits per heavy atom. The lowest BCUT2D eigenvalue weighted by atomic mass is 10.2. The zero-order valence-electron chi connectivity index (χ0n) is 15.6. The maximum Gasteiger partial charge on any atom is 0.227 e. The molecule has 2 fully saturated rings. The minimum atomic E-state index is -3.38. The second-order valence-corrected chi connectivity index (χ2v) is 9.58. The van der Waals surface area contributed by atoms with Crippen molar-refractivity contribution in [3.8, 4) is 0 Å². The number of nitrogens with zero attached hydrogens (tertiary/aromatic N) is 4. The minimum Gasteiger partial charge on any atom is -0.376 e. The molecule has 1 atom stereocenters. The molecule has 1 saturated carbocycles. The molecule has 148 valence electrons. The maximum absolute atomic E-state index is 12.9. The van der Waals surface area contributed by atoms with Gasteiger partial charge in [-0.2, -0.15) is 0 Å². The fourth-order valence-corrected chi connectivity index (χ4v) is 5.39. The van der Waals surface area contributed by atoms with Crippen molar-refractivity contribution in [3.63, 3.8) is 0 Å². The van der Waals surface area contributed by atoms with Crippen LogP contribution in [0.5, 0.6) is 0 Å². The molecule has 0 amide bonds. The first-order valence-corrected chi connectivity index (χ1v) is 11.1. The van der Waals surface area contributed by atoms with Gasteiger partial charge in [0.1, 0.15) is 0 Å². The van der Waals surface area contributed by atoms with Gasteiger partial charge in [-0.1, -0.05) is 5.16 Å². The number of hydrogen-bond acceptors (Lipinski definition) is 7. The normalized spacial score (nSPS) is 20.6. The predicted octanol–water partition coefficient (Wildman–Crippen LogP) is 1.87. The number of sulfone groups is 1. The Hall–Kier alpha value is -1.71. The standard InChI is InChI=1S/C18H26N4O4S/c1-21(11-17-6-7-20-26-17)10-15-9-19-18(27(23,24)13-14-4-5-14)22(15)12-16-3-2-8-25-16/h6-7,9,14,16H,2-5,8,10-13H2,1H3/t16-/m0/s1. The lowest BCUT2D eigenvalue weighted by Gasteiger charge is -2.19. The Morgan fingerprint density at radius 1 is 1.30 bits per heavy atom. The Kier molecular flexibility index (Phi) is 5.34. The third-order valence-corrected chi connectivity index (χ3v) is 6.88. The third-order valence-electron chi connectivity index (χ3n) is 5.09. The van der Waals surface area contributed by atoms with E-state index in [1.807, 2.05) is 17.7 Å². The molecule has 27 heavy (non-hydrogen) atoms. The molecule has 1 aliphatic carbocycles. The number of aromatic nitrogens is 3. The summed E-state index contributed by atoms with van der Waals surface area (Å²) < 4.78 is 38.5. The number of ether oxygens (including phenoxy) is 1. The van der Waals surface area contributed by atoms with E-state index in [9.17, 15) is 8.42 Å². The zero-order valence-corrected chi connectivity index (χ0v) is 16.4. The molecule has 0 radical (unpaired) electrons. The SMILES string of the molecule is CN(Cc1ccno1)Cc1cnc(S(=O)(=O)CC2CC2)n1C[C@@H]1CCCO1. The van der Waals surface area contributed by atoms with Gasteiger partial charge in [0.2, 0.25) is 15.0 Å². The first-order valence-electron chi connectivity index (χ1n) is 9.48. The molecular formula is C18H26N4O4S. The van der Waals surface area contributed by atoms with Crippen molar-refractivity contribution >= 4 is 9.84 Å². The van der Waals surface area contributed by atoms with Crippen LogP contribution in [0.4, 0.5) is 0 Å². The third kappa shape index (κ3) is 4.59. The molecule has 0 N–H and O–H groups in total. The summed E-state index contributed by atoms with van der Waals surface area (Å²) in [4.78, 5) is 6.37. The molecule has 3 heterocycles. The van der Waals surface area contributed by atoms with Crippen molar-refractivity contribution in [2.24, 2.45) is 5.92 Å². The van der Waals surface area contributed by atoms with Crippen molar-refractivity contribution < 1.29 is 17.7 Å². The van der Waals surface area contributed by atoms with E-state index >= 15 is 0 Å². The molecule has 2 aromatic rings. The Morgan fingerprint density at radius 3 is 2.81 bits per heavy atom. The molecule has 1 saturated heterocycles. The maximum atomic E-state index is 12.9. The van der Waals surface area contributed by atoms with Gasteiger partial charge < -0.3 is 13.8 Å². The van der Waals surface area contributed by atoms with Gasteiger partial charge in [0.05, 0.1) is 43.0 Å². The average Bonchev–Trinajstić information content (AvgIpc) is 3.05. The first kappa shape index (κ1) is 18.6. The van der Waals surface area contributed by atoms with E-state index in [0.29, 0.717) is 25.6 Å². The topological polar surface area (TPSA) is 90.5 Å². The van der Waals surface area contributed by atoms with E-state index < -0.39 is 9.84 Å². The quantitative estimate of drug-likeness (QED) is 0.641. The highest BCUT2D eigenvalue weighted by Gasteiger charge is 2.33. The van der Waals surface area contributed by atoms with Crippen molar-refractivity contribution in [2.75, 3.05) is 19.4 Å². The predicted molar refractivity (Wildman–Crippen MR) is 97.7 cm³/mol. The van der Waals surface area contributed by atoms with Gasteiger partial charge in [0.25, 0.3) is 0 Å². The van der Waals surface area contributed by atoms with Gasteiger partial charge in [0, 0.05) is 19.2 Å². The lowest BCUT2D eigenvalue weighted by molar-refractivity contribution is 0.0933. The molecule has 0 spiro atoms. The van der Waals surface area contributed by atoms with E-state index in [4.69, 9.17) is 9.26 Å². The van der Waals surface area contributed by atoms with Gasteiger partial charge in [-0.25, -0.2) is 13.4 Å². The van der Waals surface area contributed by atoms with Crippen molar-refractivity contribution in [3.05, 3.63) is 29.9 Å². The van der Waals surface area contributed by atoms with Gasteiger partial charge >= 0.3 is 0 Å². The zero-order chi connectivity index (χ0) is 18.9. The van der Waals surface area contributed by atoms with E-state index in [1.54, 1.807) is 12.4 Å². The molecule has 0 aromatic carbocycles. The fourth-order valence-electron chi connectivity index (χ4n) is 3.55. The van der Waals surface area contributed by atoms with Crippen molar-refractivity contribution in [1.82, 2.24) is 19.6 Å². The van der Waals surface area contributed by atoms with Crippen LogP contribution >= 0.6 is 0 Å². The van der Waals surface area contributed by atoms with Gasteiger partial charge in [-0.05, 0) is 38.6 Å². The van der Waals surface area contributed by atoms with E-state index in [-0.39, 0.29) is 17.0 Å². The number of hydrogen-bond donors (Lipinski definition) is 0. The Labute approximate surface area is 159 Å². The molecule has 0 bridgehead atoms. The lowest BCUT2D eigenvalue weighted by Crippen LogP contribution is -2.25. The van der Waals surface area contributed by atoms with Crippen LogP contribution in [0, 0.1) is 5.92 Å². The van der Waals surface area contributed by atoms with Crippen molar-refractivity contribution in [1.29, 1.82) is 0 Å². The molecule has 2 aliphatic rings. The molecule has 9 heteroatoms. The molecular weight excluding hydrogens is 368 g/mol. The molecule has 1 aliphatic heterocycles. The fraction of sp³-hybridized carbons (Fsp3) is 0.667. The number of imidazole rings is 1. The smallest absolute Gasteiger partial charge is 0.227 e. The monoisotopic (exact) mass is 394 g/mol. The van der Waals surface area contributed by atoms with Crippen LogP contribution in [-0.2, 0) is 34.2 Å². The summed E-state index contributed by atoms with van der Waals surface area (Å²) >= 11 is 0. The van der Waals surface area contributed by atoms with E-state index in [1.165, 1.54) is 0 Å². The molecule has 8 nitrogen and oxygen atoms in total. The van der Waals surface area contributed by atoms with Crippen LogP contribution in [0.25, 0.3) is 0 Å². The summed E-state index contributed by atoms with van der Waals surface area (Å²) in [7, 11) is -1.42. The molecule has 4 rings (SSSR count). The summed E-state index contributed by atoms with van der Waals surface area (Å²) in [6.07, 6.45) is 7.32. The van der Waals surface area contributed by atoms with Crippen LogP contribution < -0.4 is 0 Å². The first-order chi connectivity index (χ1) is 13.0. The van der Waals surface area contributed by atoms with Crippen LogP contribution in [-0.4, -0.2) is 53.5 Å². The second-order valence-electron chi connectivity index (χ2n) is 7.65. The van der Waals surface area contributed by atoms with Crippen LogP contribution in [0.15, 0.2) is 28.1 Å². The highest BCUT2D eigenvalue weighted by Crippen LogP contribution is 2.32. The summed E-state index contributed by atoms with van der Waals surface area (Å²) in [6, 6.07) is 1.83. The van der Waals surface area contributed by atoms with E-state index in [0.717, 1.165) is 43.7 Å². The van der Waals surface area contributed by atoms with Gasteiger partial charge in [-0.15, -0.1) is 0 Å². The van der Waals surface area contributed by atoms with Crippen molar-refractivity contribution in [2.45, 2.75) is 56.6 Å². The van der Waals surface area contributed by atoms with Crippen LogP contribution in [0.2, 0.25) is 0 Å². The summed E-state index contributed by atoms with van der Waals surface area (Å²) in [5.74, 6) is 1.26. The highest BCUT2D eigenvalue weighted by atomic mass is 32.2. The molecule has 2 aromatic heterocycles. The minimum absolute atomic E-state index is 0.0485. The van der Waals surface area contributed by atoms with Gasteiger partial charge in [-0.3, -0.25) is 4.90 Å². The summed E-state index contributed by atoms with van der Waals surface area (Å²) in [5, 5.41) is 3.91. The van der Waals surface area contributed by atoms with Gasteiger partial charge in [0.15, 0.2) is 5.76 Å². The second kappa shape index (κ2) is 7.73. The largest absolute Gasteiger partial charge is 0.376 e. The van der Waals surface area contributed by atoms with Crippen LogP contribution in [0.1, 0.15) is 37.1 Å². The molecule has 0 unspecified atom stereocenters. The van der Waals surface area contributed by atoms with E-state index in [2.05, 4.69) is 15.0 Å². The summed E-state index contributed by atoms with van der Waals surface area (Å²) in [5.41, 5.74) is 0.877. The van der Waals surface area contributed by atoms with Crippen LogP contribution in [0.3, 0.4) is 0 Å². The summed E-state index contributed by atoms with van der Waals surface area (Å²) in [6.45, 7) is 2.43. The number of rotatable bonds is 9. The Balaban J connectivity index is 1.55. The average molecular weight is 394 g/mol.